The molecule has 3 nitrogen and oxygen atoms in total. The quantitative estimate of drug-likeness (QED) is 0.771. The van der Waals surface area contributed by atoms with E-state index in [0.29, 0.717) is 15.7 Å². The van der Waals surface area contributed by atoms with Crippen LogP contribution < -0.4 is 5.32 Å². The van der Waals surface area contributed by atoms with E-state index in [4.69, 9.17) is 23.2 Å². The first-order valence-corrected chi connectivity index (χ1v) is 8.01. The van der Waals surface area contributed by atoms with Gasteiger partial charge in [-0.05, 0) is 36.9 Å². The molecular formula is C17H15Cl2F3N2O. The minimum atomic E-state index is -4.44. The Morgan fingerprint density at radius 3 is 2.52 bits per heavy atom. The minimum Gasteiger partial charge on any atom is -0.324 e. The number of benzene rings is 2. The Balaban J connectivity index is 2.02. The van der Waals surface area contributed by atoms with Crippen molar-refractivity contribution in [3.8, 4) is 0 Å². The summed E-state index contributed by atoms with van der Waals surface area (Å²) in [7, 11) is 1.56. The molecule has 0 spiro atoms. The number of anilines is 1. The molecule has 1 N–H and O–H groups in total. The summed E-state index contributed by atoms with van der Waals surface area (Å²) in [5.74, 6) is -0.406. The zero-order valence-corrected chi connectivity index (χ0v) is 14.7. The number of amides is 1. The fourth-order valence-corrected chi connectivity index (χ4v) is 2.65. The number of carbonyl (C=O) groups is 1. The van der Waals surface area contributed by atoms with Gasteiger partial charge in [0.25, 0.3) is 0 Å². The molecule has 0 fully saturated rings. The molecule has 2 aromatic carbocycles. The zero-order valence-electron chi connectivity index (χ0n) is 13.2. The lowest BCUT2D eigenvalue weighted by molar-refractivity contribution is -0.138. The smallest absolute Gasteiger partial charge is 0.324 e. The number of carbonyl (C=O) groups excluding carboxylic acids is 1. The van der Waals surface area contributed by atoms with E-state index in [-0.39, 0.29) is 18.7 Å². The van der Waals surface area contributed by atoms with Crippen LogP contribution in [0.5, 0.6) is 0 Å². The SMILES string of the molecule is CN(CC(=O)Nc1cc(Cl)ccc1Cl)Cc1ccccc1C(F)(F)F. The molecule has 1 amide bonds. The topological polar surface area (TPSA) is 32.3 Å². The molecule has 0 bridgehead atoms. The molecule has 0 atom stereocenters. The highest BCUT2D eigenvalue weighted by Gasteiger charge is 2.33. The average Bonchev–Trinajstić information content (AvgIpc) is 2.50. The summed E-state index contributed by atoms with van der Waals surface area (Å²) in [6.45, 7) is -0.124. The van der Waals surface area contributed by atoms with Crippen LogP contribution in [-0.2, 0) is 17.5 Å². The maximum Gasteiger partial charge on any atom is 0.416 e. The Kier molecular flexibility index (Phi) is 6.32. The van der Waals surface area contributed by atoms with Gasteiger partial charge >= 0.3 is 6.18 Å². The van der Waals surface area contributed by atoms with Gasteiger partial charge in [0.05, 0.1) is 22.8 Å². The number of halogens is 5. The van der Waals surface area contributed by atoms with Crippen LogP contribution in [0.15, 0.2) is 42.5 Å². The maximum absolute atomic E-state index is 13.0. The molecule has 0 aliphatic heterocycles. The molecule has 0 aliphatic carbocycles. The molecule has 0 aromatic heterocycles. The summed E-state index contributed by atoms with van der Waals surface area (Å²) in [6, 6.07) is 9.91. The summed E-state index contributed by atoms with van der Waals surface area (Å²) in [6.07, 6.45) is -4.44. The number of hydrogen-bond acceptors (Lipinski definition) is 2. The lowest BCUT2D eigenvalue weighted by Gasteiger charge is -2.19. The van der Waals surface area contributed by atoms with Gasteiger partial charge in [-0.3, -0.25) is 9.69 Å². The Labute approximate surface area is 153 Å². The van der Waals surface area contributed by atoms with Crippen LogP contribution >= 0.6 is 23.2 Å². The van der Waals surface area contributed by atoms with Crippen LogP contribution in [0.25, 0.3) is 0 Å². The highest BCUT2D eigenvalue weighted by Crippen LogP contribution is 2.32. The van der Waals surface area contributed by atoms with E-state index in [2.05, 4.69) is 5.32 Å². The zero-order chi connectivity index (χ0) is 18.6. The number of alkyl halides is 3. The number of likely N-dealkylation sites (N-methyl/N-ethyl adjacent to an activating group) is 1. The summed E-state index contributed by atoms with van der Waals surface area (Å²) in [5, 5.41) is 3.32. The van der Waals surface area contributed by atoms with Crippen LogP contribution in [0.1, 0.15) is 11.1 Å². The standard InChI is InChI=1S/C17H15Cl2F3N2O/c1-24(9-11-4-2-3-5-13(11)17(20,21)22)10-16(25)23-15-8-12(18)6-7-14(15)19/h2-8H,9-10H2,1H3,(H,23,25). The number of hydrogen-bond donors (Lipinski definition) is 1. The molecule has 25 heavy (non-hydrogen) atoms. The number of nitrogens with zero attached hydrogens (tertiary/aromatic N) is 1. The molecule has 0 aliphatic rings. The summed E-state index contributed by atoms with van der Waals surface area (Å²) in [4.78, 5) is 13.6. The highest BCUT2D eigenvalue weighted by molar-refractivity contribution is 6.35. The molecule has 0 radical (unpaired) electrons. The minimum absolute atomic E-state index is 0.0214. The van der Waals surface area contributed by atoms with Gasteiger partial charge in [-0.2, -0.15) is 13.2 Å². The summed E-state index contributed by atoms with van der Waals surface area (Å²) in [5.41, 5.74) is -0.255. The third-order valence-electron chi connectivity index (χ3n) is 3.38. The van der Waals surface area contributed by atoms with E-state index in [1.807, 2.05) is 0 Å². The lowest BCUT2D eigenvalue weighted by atomic mass is 10.1. The Morgan fingerprint density at radius 2 is 1.84 bits per heavy atom. The second-order valence-corrected chi connectivity index (χ2v) is 6.34. The predicted octanol–water partition coefficient (Wildman–Crippen LogP) is 5.08. The first-order valence-electron chi connectivity index (χ1n) is 7.25. The van der Waals surface area contributed by atoms with Gasteiger partial charge in [-0.15, -0.1) is 0 Å². The van der Waals surface area contributed by atoms with Crippen molar-refractivity contribution in [1.29, 1.82) is 0 Å². The third kappa shape index (κ3) is 5.63. The van der Waals surface area contributed by atoms with E-state index in [1.54, 1.807) is 19.2 Å². The van der Waals surface area contributed by atoms with Crippen molar-refractivity contribution in [2.75, 3.05) is 18.9 Å². The van der Waals surface area contributed by atoms with E-state index < -0.39 is 17.6 Å². The molecule has 134 valence electrons. The maximum atomic E-state index is 13.0. The predicted molar refractivity (Wildman–Crippen MR) is 92.9 cm³/mol. The van der Waals surface area contributed by atoms with Crippen molar-refractivity contribution in [3.05, 3.63) is 63.6 Å². The third-order valence-corrected chi connectivity index (χ3v) is 3.94. The van der Waals surface area contributed by atoms with Gasteiger partial charge in [0.2, 0.25) is 5.91 Å². The monoisotopic (exact) mass is 390 g/mol. The van der Waals surface area contributed by atoms with Gasteiger partial charge in [0.15, 0.2) is 0 Å². The fourth-order valence-electron chi connectivity index (χ4n) is 2.31. The van der Waals surface area contributed by atoms with E-state index in [9.17, 15) is 18.0 Å². The van der Waals surface area contributed by atoms with Crippen LogP contribution in [0, 0.1) is 0 Å². The van der Waals surface area contributed by atoms with Crippen LogP contribution in [0.2, 0.25) is 10.0 Å². The average molecular weight is 391 g/mol. The molecular weight excluding hydrogens is 376 g/mol. The van der Waals surface area contributed by atoms with Gasteiger partial charge in [-0.1, -0.05) is 41.4 Å². The van der Waals surface area contributed by atoms with Crippen molar-refractivity contribution in [1.82, 2.24) is 4.90 Å². The molecule has 0 saturated heterocycles. The van der Waals surface area contributed by atoms with Crippen molar-refractivity contribution in [3.63, 3.8) is 0 Å². The van der Waals surface area contributed by atoms with Crippen molar-refractivity contribution >= 4 is 34.8 Å². The van der Waals surface area contributed by atoms with E-state index in [1.165, 1.54) is 29.2 Å². The van der Waals surface area contributed by atoms with Gasteiger partial charge < -0.3 is 5.32 Å². The van der Waals surface area contributed by atoms with E-state index in [0.717, 1.165) is 6.07 Å². The van der Waals surface area contributed by atoms with Crippen LogP contribution in [-0.4, -0.2) is 24.4 Å². The first kappa shape index (κ1) is 19.6. The molecule has 0 heterocycles. The first-order chi connectivity index (χ1) is 11.7. The Bertz CT molecular complexity index is 766. The Hall–Kier alpha value is -1.76. The molecule has 0 saturated carbocycles. The van der Waals surface area contributed by atoms with Crippen molar-refractivity contribution in [2.45, 2.75) is 12.7 Å². The van der Waals surface area contributed by atoms with Crippen LogP contribution in [0.3, 0.4) is 0 Å². The largest absolute Gasteiger partial charge is 0.416 e. The molecule has 8 heteroatoms. The van der Waals surface area contributed by atoms with Crippen molar-refractivity contribution in [2.24, 2.45) is 0 Å². The van der Waals surface area contributed by atoms with Crippen molar-refractivity contribution < 1.29 is 18.0 Å². The van der Waals surface area contributed by atoms with Gasteiger partial charge in [0, 0.05) is 11.6 Å². The second kappa shape index (κ2) is 8.08. The number of rotatable bonds is 5. The molecule has 0 unspecified atom stereocenters. The van der Waals surface area contributed by atoms with E-state index >= 15 is 0 Å². The lowest BCUT2D eigenvalue weighted by Crippen LogP contribution is -2.30. The summed E-state index contributed by atoms with van der Waals surface area (Å²) < 4.78 is 39.0. The summed E-state index contributed by atoms with van der Waals surface area (Å²) >= 11 is 11.8. The number of nitrogens with one attached hydrogen (secondary N) is 1. The second-order valence-electron chi connectivity index (χ2n) is 5.50. The van der Waals surface area contributed by atoms with Gasteiger partial charge in [-0.25, -0.2) is 0 Å². The highest BCUT2D eigenvalue weighted by atomic mass is 35.5. The Morgan fingerprint density at radius 1 is 1.16 bits per heavy atom. The van der Waals surface area contributed by atoms with Gasteiger partial charge in [0.1, 0.15) is 0 Å². The fraction of sp³-hybridized carbons (Fsp3) is 0.235. The molecule has 2 rings (SSSR count). The van der Waals surface area contributed by atoms with Crippen LogP contribution in [0.4, 0.5) is 18.9 Å². The normalized spacial score (nSPS) is 11.6. The molecule has 2 aromatic rings.